The highest BCUT2D eigenvalue weighted by Crippen LogP contribution is 2.20. The molecule has 0 bridgehead atoms. The number of hydrogen-bond donors (Lipinski definition) is 2. The predicted molar refractivity (Wildman–Crippen MR) is 66.4 cm³/mol. The first kappa shape index (κ1) is 12.7. The number of carbonyl (C=O) groups excluding carboxylic acids is 1. The zero-order valence-electron chi connectivity index (χ0n) is 9.86. The van der Waals surface area contributed by atoms with Crippen molar-refractivity contribution in [3.63, 3.8) is 0 Å². The lowest BCUT2D eigenvalue weighted by molar-refractivity contribution is -0.115. The minimum absolute atomic E-state index is 0.0983. The molecule has 1 aliphatic heterocycles. The molecular weight excluding hydrogens is 202 g/mol. The molecule has 0 fully saturated rings. The number of nitrogens with two attached hydrogens (primary N) is 1. The molecule has 4 heteroatoms. The van der Waals surface area contributed by atoms with Gasteiger partial charge in [0.15, 0.2) is 0 Å². The molecule has 0 aliphatic carbocycles. The second kappa shape index (κ2) is 6.25. The SMILES string of the molecule is CN(C)CCN.O=C1Cc2ccccc2N1. The van der Waals surface area contributed by atoms with Gasteiger partial charge in [-0.15, -0.1) is 0 Å². The number of fused-ring (bicyclic) bond motifs is 1. The molecule has 16 heavy (non-hydrogen) atoms. The Bertz CT molecular complexity index is 323. The lowest BCUT2D eigenvalue weighted by Gasteiger charge is -2.03. The molecule has 0 atom stereocenters. The van der Waals surface area contributed by atoms with Crippen molar-refractivity contribution >= 4 is 11.6 Å². The van der Waals surface area contributed by atoms with Crippen LogP contribution in [-0.2, 0) is 11.2 Å². The van der Waals surface area contributed by atoms with E-state index in [1.165, 1.54) is 0 Å². The number of rotatable bonds is 2. The standard InChI is InChI=1S/C8H7NO.C4H12N2/c10-8-5-6-3-1-2-4-7(6)9-8;1-6(2)4-3-5/h1-4H,5H2,(H,9,10);3-5H2,1-2H3. The van der Waals surface area contributed by atoms with E-state index in [0.717, 1.165) is 24.3 Å². The molecular formula is C12H19N3O. The van der Waals surface area contributed by atoms with Crippen molar-refractivity contribution in [2.75, 3.05) is 32.5 Å². The first-order chi connectivity index (χ1) is 7.63. The smallest absolute Gasteiger partial charge is 0.228 e. The van der Waals surface area contributed by atoms with E-state index in [9.17, 15) is 4.79 Å². The van der Waals surface area contributed by atoms with E-state index < -0.39 is 0 Å². The van der Waals surface area contributed by atoms with Crippen molar-refractivity contribution in [2.24, 2.45) is 5.73 Å². The summed E-state index contributed by atoms with van der Waals surface area (Å²) < 4.78 is 0. The summed E-state index contributed by atoms with van der Waals surface area (Å²) in [7, 11) is 4.01. The van der Waals surface area contributed by atoms with Crippen molar-refractivity contribution in [1.29, 1.82) is 0 Å². The molecule has 88 valence electrons. The Labute approximate surface area is 96.4 Å². The quantitative estimate of drug-likeness (QED) is 0.772. The lowest BCUT2D eigenvalue weighted by atomic mass is 10.2. The maximum Gasteiger partial charge on any atom is 0.228 e. The molecule has 1 aromatic carbocycles. The molecule has 3 N–H and O–H groups in total. The first-order valence-corrected chi connectivity index (χ1v) is 5.36. The number of benzene rings is 1. The minimum Gasteiger partial charge on any atom is -0.329 e. The van der Waals surface area contributed by atoms with Gasteiger partial charge in [0.1, 0.15) is 0 Å². The van der Waals surface area contributed by atoms with Crippen LogP contribution in [0.2, 0.25) is 0 Å². The molecule has 0 spiro atoms. The highest BCUT2D eigenvalue weighted by atomic mass is 16.1. The topological polar surface area (TPSA) is 58.4 Å². The van der Waals surface area contributed by atoms with Gasteiger partial charge in [-0.2, -0.15) is 0 Å². The molecule has 0 radical (unpaired) electrons. The van der Waals surface area contributed by atoms with E-state index in [-0.39, 0.29) is 5.91 Å². The summed E-state index contributed by atoms with van der Waals surface area (Å²) in [6, 6.07) is 7.75. The maximum absolute atomic E-state index is 10.8. The van der Waals surface area contributed by atoms with Crippen LogP contribution in [0.25, 0.3) is 0 Å². The van der Waals surface area contributed by atoms with E-state index in [1.807, 2.05) is 38.4 Å². The van der Waals surface area contributed by atoms with E-state index in [2.05, 4.69) is 10.2 Å². The third kappa shape index (κ3) is 4.00. The predicted octanol–water partition coefficient (Wildman–Crippen LogP) is 0.688. The Morgan fingerprint density at radius 3 is 2.56 bits per heavy atom. The second-order valence-electron chi connectivity index (χ2n) is 3.97. The van der Waals surface area contributed by atoms with Crippen LogP contribution in [-0.4, -0.2) is 38.0 Å². The summed E-state index contributed by atoms with van der Waals surface area (Å²) in [5, 5.41) is 2.76. The van der Waals surface area contributed by atoms with Gasteiger partial charge in [0.2, 0.25) is 5.91 Å². The molecule has 2 rings (SSSR count). The third-order valence-corrected chi connectivity index (χ3v) is 2.22. The highest BCUT2D eigenvalue weighted by Gasteiger charge is 2.15. The van der Waals surface area contributed by atoms with Gasteiger partial charge in [0.25, 0.3) is 0 Å². The van der Waals surface area contributed by atoms with Crippen molar-refractivity contribution in [3.05, 3.63) is 29.8 Å². The Morgan fingerprint density at radius 1 is 1.38 bits per heavy atom. The number of hydrogen-bond acceptors (Lipinski definition) is 3. The molecule has 4 nitrogen and oxygen atoms in total. The lowest BCUT2D eigenvalue weighted by Crippen LogP contribution is -2.20. The summed E-state index contributed by atoms with van der Waals surface area (Å²) in [6.45, 7) is 1.74. The zero-order chi connectivity index (χ0) is 12.0. The molecule has 0 saturated heterocycles. The zero-order valence-corrected chi connectivity index (χ0v) is 9.86. The van der Waals surface area contributed by atoms with Crippen LogP contribution >= 0.6 is 0 Å². The summed E-state index contributed by atoms with van der Waals surface area (Å²) in [5.41, 5.74) is 7.26. The van der Waals surface area contributed by atoms with Crippen LogP contribution in [0.5, 0.6) is 0 Å². The van der Waals surface area contributed by atoms with Crippen LogP contribution in [0, 0.1) is 0 Å². The fourth-order valence-electron chi connectivity index (χ4n) is 1.42. The van der Waals surface area contributed by atoms with Crippen LogP contribution < -0.4 is 11.1 Å². The van der Waals surface area contributed by atoms with E-state index in [4.69, 9.17) is 5.73 Å². The van der Waals surface area contributed by atoms with Gasteiger partial charge in [-0.25, -0.2) is 0 Å². The fourth-order valence-corrected chi connectivity index (χ4v) is 1.42. The molecule has 1 heterocycles. The number of nitrogens with one attached hydrogen (secondary N) is 1. The summed E-state index contributed by atoms with van der Waals surface area (Å²) >= 11 is 0. The molecule has 0 saturated carbocycles. The molecule has 1 aliphatic rings. The van der Waals surface area contributed by atoms with Crippen molar-refractivity contribution in [3.8, 4) is 0 Å². The van der Waals surface area contributed by atoms with Crippen LogP contribution in [0.1, 0.15) is 5.56 Å². The number of carbonyl (C=O) groups is 1. The minimum atomic E-state index is 0.0983. The average molecular weight is 221 g/mol. The van der Waals surface area contributed by atoms with Crippen LogP contribution in [0.3, 0.4) is 0 Å². The molecule has 0 aromatic heterocycles. The summed E-state index contributed by atoms with van der Waals surface area (Å²) in [5.74, 6) is 0.0983. The molecule has 1 amide bonds. The van der Waals surface area contributed by atoms with Crippen LogP contribution in [0.4, 0.5) is 5.69 Å². The van der Waals surface area contributed by atoms with Crippen molar-refractivity contribution < 1.29 is 4.79 Å². The Balaban J connectivity index is 0.000000187. The van der Waals surface area contributed by atoms with Gasteiger partial charge in [-0.05, 0) is 25.7 Å². The van der Waals surface area contributed by atoms with E-state index in [1.54, 1.807) is 0 Å². The number of nitrogens with zero attached hydrogens (tertiary/aromatic N) is 1. The highest BCUT2D eigenvalue weighted by molar-refractivity contribution is 5.98. The largest absolute Gasteiger partial charge is 0.329 e. The Kier molecular flexibility index (Phi) is 4.95. The van der Waals surface area contributed by atoms with Gasteiger partial charge in [0.05, 0.1) is 6.42 Å². The van der Waals surface area contributed by atoms with E-state index in [0.29, 0.717) is 6.42 Å². The Hall–Kier alpha value is -1.39. The second-order valence-corrected chi connectivity index (χ2v) is 3.97. The van der Waals surface area contributed by atoms with Gasteiger partial charge < -0.3 is 16.0 Å². The van der Waals surface area contributed by atoms with Crippen LogP contribution in [0.15, 0.2) is 24.3 Å². The van der Waals surface area contributed by atoms with Crippen molar-refractivity contribution in [2.45, 2.75) is 6.42 Å². The monoisotopic (exact) mass is 221 g/mol. The number of anilines is 1. The van der Waals surface area contributed by atoms with E-state index >= 15 is 0 Å². The van der Waals surface area contributed by atoms with Gasteiger partial charge in [0, 0.05) is 18.8 Å². The Morgan fingerprint density at radius 2 is 2.06 bits per heavy atom. The summed E-state index contributed by atoms with van der Waals surface area (Å²) in [4.78, 5) is 12.8. The first-order valence-electron chi connectivity index (χ1n) is 5.36. The van der Waals surface area contributed by atoms with Gasteiger partial charge >= 0.3 is 0 Å². The maximum atomic E-state index is 10.8. The average Bonchev–Trinajstić information content (AvgIpc) is 2.58. The fraction of sp³-hybridized carbons (Fsp3) is 0.417. The summed E-state index contributed by atoms with van der Waals surface area (Å²) in [6.07, 6.45) is 0.538. The van der Waals surface area contributed by atoms with Gasteiger partial charge in [-0.3, -0.25) is 4.79 Å². The molecule has 1 aromatic rings. The number of likely N-dealkylation sites (N-methyl/N-ethyl adjacent to an activating group) is 1. The molecule has 0 unspecified atom stereocenters. The van der Waals surface area contributed by atoms with Gasteiger partial charge in [-0.1, -0.05) is 18.2 Å². The number of amides is 1. The van der Waals surface area contributed by atoms with Crippen molar-refractivity contribution in [1.82, 2.24) is 4.90 Å². The third-order valence-electron chi connectivity index (χ3n) is 2.22. The number of para-hydroxylation sites is 1. The normalized spacial score (nSPS) is 12.9.